The van der Waals surface area contributed by atoms with E-state index >= 15 is 0 Å². The van der Waals surface area contributed by atoms with Gasteiger partial charge in [-0.3, -0.25) is 14.2 Å². The second-order valence-corrected chi connectivity index (χ2v) is 7.44. The predicted octanol–water partition coefficient (Wildman–Crippen LogP) is 0.493. The van der Waals surface area contributed by atoms with Crippen molar-refractivity contribution in [3.8, 4) is 5.82 Å². The molecule has 10 heteroatoms. The average Bonchev–Trinajstić information content (AvgIpc) is 3.08. The van der Waals surface area contributed by atoms with Crippen molar-refractivity contribution in [3.05, 3.63) is 58.3 Å². The Hall–Kier alpha value is -3.56. The monoisotopic (exact) mass is 408 g/mol. The molecule has 0 N–H and O–H groups in total. The van der Waals surface area contributed by atoms with Gasteiger partial charge in [0.25, 0.3) is 5.56 Å². The highest BCUT2D eigenvalue weighted by Gasteiger charge is 2.23. The van der Waals surface area contributed by atoms with Gasteiger partial charge in [0.05, 0.1) is 12.0 Å². The van der Waals surface area contributed by atoms with Crippen LogP contribution in [0.15, 0.2) is 35.6 Å². The zero-order chi connectivity index (χ0) is 21.3. The second-order valence-electron chi connectivity index (χ2n) is 7.44. The van der Waals surface area contributed by atoms with Gasteiger partial charge in [-0.25, -0.2) is 19.6 Å². The minimum Gasteiger partial charge on any atom is -0.353 e. The lowest BCUT2D eigenvalue weighted by atomic mass is 10.3. The van der Waals surface area contributed by atoms with Crippen molar-refractivity contribution < 1.29 is 4.79 Å². The number of carbonyl (C=O) groups is 1. The molecular weight excluding hydrogens is 384 g/mol. The number of nitrogens with zero attached hydrogens (tertiary/aromatic N) is 8. The molecule has 3 aromatic rings. The molecule has 0 unspecified atom stereocenters. The lowest BCUT2D eigenvalue weighted by molar-refractivity contribution is -0.132. The van der Waals surface area contributed by atoms with Crippen molar-refractivity contribution in [1.82, 2.24) is 34.2 Å². The highest BCUT2D eigenvalue weighted by atomic mass is 16.2. The fraction of sp³-hybridized carbons (Fsp3) is 0.400. The topological polar surface area (TPSA) is 102 Å². The van der Waals surface area contributed by atoms with Gasteiger partial charge in [0.1, 0.15) is 18.7 Å². The summed E-state index contributed by atoms with van der Waals surface area (Å²) in [6.45, 7) is 8.12. The van der Waals surface area contributed by atoms with E-state index in [4.69, 9.17) is 0 Å². The van der Waals surface area contributed by atoms with Crippen LogP contribution < -0.4 is 10.5 Å². The zero-order valence-electron chi connectivity index (χ0n) is 17.3. The molecule has 0 atom stereocenters. The van der Waals surface area contributed by atoms with Gasteiger partial charge < -0.3 is 9.80 Å². The lowest BCUT2D eigenvalue weighted by Gasteiger charge is -2.35. The van der Waals surface area contributed by atoms with Gasteiger partial charge in [-0.05, 0) is 26.8 Å². The smallest absolute Gasteiger partial charge is 0.253 e. The number of amides is 1. The third-order valence-electron chi connectivity index (χ3n) is 5.14. The van der Waals surface area contributed by atoms with Gasteiger partial charge in [0.15, 0.2) is 5.82 Å². The Kier molecular flexibility index (Phi) is 5.30. The number of rotatable bonds is 4. The van der Waals surface area contributed by atoms with Crippen molar-refractivity contribution in [2.45, 2.75) is 27.3 Å². The SMILES string of the molecule is Cc1cc(=O)n(CC(=O)N2CCN(c3cc(-n4nc(C)cc4C)ncn3)CC2)cn1. The summed E-state index contributed by atoms with van der Waals surface area (Å²) < 4.78 is 3.14. The fourth-order valence-corrected chi connectivity index (χ4v) is 3.55. The number of piperazine rings is 1. The van der Waals surface area contributed by atoms with Crippen molar-refractivity contribution in [3.63, 3.8) is 0 Å². The largest absolute Gasteiger partial charge is 0.353 e. The van der Waals surface area contributed by atoms with Crippen LogP contribution in [0.5, 0.6) is 0 Å². The van der Waals surface area contributed by atoms with E-state index in [0.717, 1.165) is 23.0 Å². The first-order valence-electron chi connectivity index (χ1n) is 9.82. The quantitative estimate of drug-likeness (QED) is 0.619. The zero-order valence-corrected chi connectivity index (χ0v) is 17.3. The van der Waals surface area contributed by atoms with Gasteiger partial charge >= 0.3 is 0 Å². The van der Waals surface area contributed by atoms with E-state index in [2.05, 4.69) is 25.0 Å². The van der Waals surface area contributed by atoms with Gasteiger partial charge in [-0.2, -0.15) is 5.10 Å². The van der Waals surface area contributed by atoms with Crippen LogP contribution in [0.2, 0.25) is 0 Å². The first-order valence-corrected chi connectivity index (χ1v) is 9.82. The maximum atomic E-state index is 12.6. The van der Waals surface area contributed by atoms with Gasteiger partial charge in [-0.15, -0.1) is 0 Å². The average molecular weight is 408 g/mol. The van der Waals surface area contributed by atoms with Crippen molar-refractivity contribution in [2.75, 3.05) is 31.1 Å². The number of hydrogen-bond acceptors (Lipinski definition) is 7. The Labute approximate surface area is 173 Å². The Balaban J connectivity index is 1.41. The van der Waals surface area contributed by atoms with E-state index in [1.807, 2.05) is 26.0 Å². The molecule has 0 saturated carbocycles. The molecule has 10 nitrogen and oxygen atoms in total. The van der Waals surface area contributed by atoms with Gasteiger partial charge in [0.2, 0.25) is 5.91 Å². The molecule has 1 aliphatic rings. The van der Waals surface area contributed by atoms with E-state index < -0.39 is 0 Å². The van der Waals surface area contributed by atoms with Crippen LogP contribution in [-0.2, 0) is 11.3 Å². The predicted molar refractivity (Wildman–Crippen MR) is 111 cm³/mol. The summed E-state index contributed by atoms with van der Waals surface area (Å²) in [6.07, 6.45) is 2.96. The normalized spacial score (nSPS) is 14.2. The molecular formula is C20H24N8O2. The van der Waals surface area contributed by atoms with Crippen LogP contribution in [0.1, 0.15) is 17.1 Å². The third kappa shape index (κ3) is 4.07. The Morgan fingerprint density at radius 2 is 1.67 bits per heavy atom. The molecule has 0 aliphatic carbocycles. The number of hydrogen-bond donors (Lipinski definition) is 0. The van der Waals surface area contributed by atoms with Crippen molar-refractivity contribution in [1.29, 1.82) is 0 Å². The van der Waals surface area contributed by atoms with Crippen LogP contribution in [0, 0.1) is 20.8 Å². The molecule has 1 saturated heterocycles. The Morgan fingerprint density at radius 1 is 0.933 bits per heavy atom. The maximum absolute atomic E-state index is 12.6. The minimum absolute atomic E-state index is 0.00168. The second kappa shape index (κ2) is 8.05. The molecule has 30 heavy (non-hydrogen) atoms. The summed E-state index contributed by atoms with van der Waals surface area (Å²) in [5, 5.41) is 4.48. The molecule has 4 heterocycles. The number of aryl methyl sites for hydroxylation is 3. The molecule has 3 aromatic heterocycles. The van der Waals surface area contributed by atoms with E-state index in [1.165, 1.54) is 23.3 Å². The first-order chi connectivity index (χ1) is 14.4. The summed E-state index contributed by atoms with van der Waals surface area (Å²) in [6, 6.07) is 5.34. The summed E-state index contributed by atoms with van der Waals surface area (Å²) in [5.41, 5.74) is 2.37. The Bertz CT molecular complexity index is 1130. The van der Waals surface area contributed by atoms with Crippen molar-refractivity contribution >= 4 is 11.7 Å². The summed E-state index contributed by atoms with van der Waals surface area (Å²) >= 11 is 0. The van der Waals surface area contributed by atoms with E-state index in [1.54, 1.807) is 16.5 Å². The first kappa shape index (κ1) is 19.7. The molecule has 0 spiro atoms. The molecule has 1 aliphatic heterocycles. The molecule has 1 fully saturated rings. The molecule has 0 radical (unpaired) electrons. The highest BCUT2D eigenvalue weighted by molar-refractivity contribution is 5.76. The lowest BCUT2D eigenvalue weighted by Crippen LogP contribution is -2.50. The van der Waals surface area contributed by atoms with E-state index in [0.29, 0.717) is 31.9 Å². The van der Waals surface area contributed by atoms with Crippen LogP contribution in [0.3, 0.4) is 0 Å². The van der Waals surface area contributed by atoms with Crippen molar-refractivity contribution in [2.24, 2.45) is 0 Å². The van der Waals surface area contributed by atoms with E-state index in [9.17, 15) is 9.59 Å². The molecule has 4 rings (SSSR count). The fourth-order valence-electron chi connectivity index (χ4n) is 3.55. The highest BCUT2D eigenvalue weighted by Crippen LogP contribution is 2.17. The van der Waals surface area contributed by atoms with Gasteiger partial charge in [0, 0.05) is 49.7 Å². The summed E-state index contributed by atoms with van der Waals surface area (Å²) in [5.74, 6) is 1.43. The molecule has 0 bridgehead atoms. The Morgan fingerprint density at radius 3 is 2.33 bits per heavy atom. The number of aromatic nitrogens is 6. The summed E-state index contributed by atoms with van der Waals surface area (Å²) in [4.78, 5) is 41.3. The van der Waals surface area contributed by atoms with E-state index in [-0.39, 0.29) is 18.0 Å². The van der Waals surface area contributed by atoms with Crippen LogP contribution >= 0.6 is 0 Å². The standard InChI is InChI=1S/C20H24N8O2/c1-14-9-19(29)27(13-23-14)11-20(30)26-6-4-25(5-7-26)17-10-18(22-12-21-17)28-16(3)8-15(2)24-28/h8-10,12-13H,4-7,11H2,1-3H3. The molecule has 0 aromatic carbocycles. The maximum Gasteiger partial charge on any atom is 0.253 e. The molecule has 1 amide bonds. The molecule has 156 valence electrons. The number of carbonyl (C=O) groups excluding carboxylic acids is 1. The van der Waals surface area contributed by atoms with Crippen LogP contribution in [0.4, 0.5) is 5.82 Å². The minimum atomic E-state index is -0.216. The third-order valence-corrected chi connectivity index (χ3v) is 5.14. The van der Waals surface area contributed by atoms with Crippen LogP contribution in [0.25, 0.3) is 5.82 Å². The van der Waals surface area contributed by atoms with Crippen LogP contribution in [-0.4, -0.2) is 66.3 Å². The van der Waals surface area contributed by atoms with Gasteiger partial charge in [-0.1, -0.05) is 0 Å². The summed E-state index contributed by atoms with van der Waals surface area (Å²) in [7, 11) is 0. The number of anilines is 1.